The minimum absolute atomic E-state index is 0.0935. The third-order valence-corrected chi connectivity index (χ3v) is 3.59. The van der Waals surface area contributed by atoms with Crippen LogP contribution in [0.3, 0.4) is 0 Å². The summed E-state index contributed by atoms with van der Waals surface area (Å²) in [5, 5.41) is 11.2. The van der Waals surface area contributed by atoms with E-state index in [1.54, 1.807) is 30.3 Å². The molecular formula is C13H11NO4S. The summed E-state index contributed by atoms with van der Waals surface area (Å²) in [6.45, 7) is 0. The van der Waals surface area contributed by atoms with Crippen LogP contribution in [0.5, 0.6) is 5.75 Å². The molecule has 0 aliphatic heterocycles. The molecule has 98 valence electrons. The van der Waals surface area contributed by atoms with Gasteiger partial charge in [0.15, 0.2) is 0 Å². The van der Waals surface area contributed by atoms with Crippen LogP contribution in [-0.4, -0.2) is 19.8 Å². The fraction of sp³-hybridized carbons (Fsp3) is 0. The molecule has 0 saturated heterocycles. The zero-order valence-electron chi connectivity index (χ0n) is 9.80. The second-order valence-corrected chi connectivity index (χ2v) is 5.21. The fourth-order valence-electron chi connectivity index (χ4n) is 1.44. The molecular weight excluding hydrogens is 266 g/mol. The van der Waals surface area contributed by atoms with Gasteiger partial charge in [0.25, 0.3) is 0 Å². The van der Waals surface area contributed by atoms with Gasteiger partial charge >= 0.3 is 10.1 Å². The van der Waals surface area contributed by atoms with Crippen LogP contribution in [0.25, 0.3) is 0 Å². The third kappa shape index (κ3) is 3.32. The van der Waals surface area contributed by atoms with Crippen LogP contribution in [0.2, 0.25) is 0 Å². The lowest BCUT2D eigenvalue weighted by Crippen LogP contribution is -2.09. The number of hydrogen-bond acceptors (Lipinski definition) is 5. The van der Waals surface area contributed by atoms with Crippen molar-refractivity contribution in [2.75, 3.05) is 0 Å². The summed E-state index contributed by atoms with van der Waals surface area (Å²) >= 11 is 0. The quantitative estimate of drug-likeness (QED) is 0.402. The molecule has 0 fully saturated rings. The van der Waals surface area contributed by atoms with Crippen molar-refractivity contribution in [1.29, 1.82) is 0 Å². The molecule has 0 saturated carbocycles. The molecule has 0 aromatic heterocycles. The van der Waals surface area contributed by atoms with Crippen molar-refractivity contribution in [3.05, 3.63) is 60.2 Å². The van der Waals surface area contributed by atoms with Gasteiger partial charge in [-0.05, 0) is 42.0 Å². The fourth-order valence-corrected chi connectivity index (χ4v) is 2.39. The summed E-state index contributed by atoms with van der Waals surface area (Å²) in [4.78, 5) is 0.0935. The summed E-state index contributed by atoms with van der Waals surface area (Å²) in [5.74, 6) is 0.193. The number of nitrogens with zero attached hydrogens (tertiary/aromatic N) is 1. The second-order valence-electron chi connectivity index (χ2n) is 3.66. The Morgan fingerprint density at radius 1 is 1.00 bits per heavy atom. The highest BCUT2D eigenvalue weighted by Gasteiger charge is 2.15. The first-order valence-electron chi connectivity index (χ1n) is 5.39. The van der Waals surface area contributed by atoms with Crippen molar-refractivity contribution in [3.63, 3.8) is 0 Å². The Labute approximate surface area is 110 Å². The molecule has 5 nitrogen and oxygen atoms in total. The van der Waals surface area contributed by atoms with Gasteiger partial charge in [0, 0.05) is 0 Å². The summed E-state index contributed by atoms with van der Waals surface area (Å²) < 4.78 is 28.8. The summed E-state index contributed by atoms with van der Waals surface area (Å²) in [7, 11) is -3.82. The van der Waals surface area contributed by atoms with E-state index in [1.807, 2.05) is 0 Å². The second kappa shape index (κ2) is 5.53. The van der Waals surface area contributed by atoms with Gasteiger partial charge < -0.3 is 9.39 Å². The normalized spacial score (nSPS) is 11.6. The maximum Gasteiger partial charge on any atom is 0.339 e. The minimum atomic E-state index is -3.82. The molecule has 0 unspecified atom stereocenters. The van der Waals surface area contributed by atoms with Crippen molar-refractivity contribution in [3.8, 4) is 5.75 Å². The van der Waals surface area contributed by atoms with Crippen molar-refractivity contribution in [2.45, 2.75) is 4.90 Å². The number of oxime groups is 1. The Hall–Kier alpha value is -2.34. The van der Waals surface area contributed by atoms with Crippen LogP contribution in [0.1, 0.15) is 5.56 Å². The van der Waals surface area contributed by atoms with E-state index in [1.165, 1.54) is 30.5 Å². The molecule has 2 aromatic carbocycles. The van der Waals surface area contributed by atoms with Gasteiger partial charge in [-0.3, -0.25) is 0 Å². The van der Waals surface area contributed by atoms with Gasteiger partial charge in [-0.15, -0.1) is 0 Å². The number of hydrogen-bond donors (Lipinski definition) is 1. The van der Waals surface area contributed by atoms with E-state index < -0.39 is 10.1 Å². The van der Waals surface area contributed by atoms with Crippen molar-refractivity contribution < 1.29 is 17.8 Å². The van der Waals surface area contributed by atoms with E-state index >= 15 is 0 Å². The van der Waals surface area contributed by atoms with Crippen molar-refractivity contribution in [1.82, 2.24) is 0 Å². The van der Waals surface area contributed by atoms with E-state index in [0.29, 0.717) is 5.56 Å². The number of rotatable bonds is 4. The van der Waals surface area contributed by atoms with Crippen LogP contribution in [-0.2, 0) is 10.1 Å². The van der Waals surface area contributed by atoms with E-state index in [-0.39, 0.29) is 10.6 Å². The van der Waals surface area contributed by atoms with E-state index in [4.69, 9.17) is 9.39 Å². The summed E-state index contributed by atoms with van der Waals surface area (Å²) in [6, 6.07) is 14.0. The number of benzene rings is 2. The molecule has 2 rings (SSSR count). The standard InChI is InChI=1S/C13H11NO4S/c15-14-10-11-6-8-12(9-7-11)18-19(16,17)13-4-2-1-3-5-13/h1-10,15H. The molecule has 19 heavy (non-hydrogen) atoms. The molecule has 0 spiro atoms. The van der Waals surface area contributed by atoms with Crippen molar-refractivity contribution >= 4 is 16.3 Å². The Morgan fingerprint density at radius 3 is 2.21 bits per heavy atom. The Bertz CT molecular complexity index is 664. The Morgan fingerprint density at radius 2 is 1.63 bits per heavy atom. The SMILES string of the molecule is O=S(=O)(Oc1ccc(C=NO)cc1)c1ccccc1. The predicted molar refractivity (Wildman–Crippen MR) is 70.1 cm³/mol. The van der Waals surface area contributed by atoms with Gasteiger partial charge in [-0.1, -0.05) is 23.4 Å². The van der Waals surface area contributed by atoms with Crippen LogP contribution < -0.4 is 4.18 Å². The Balaban J connectivity index is 2.21. The molecule has 0 aliphatic carbocycles. The molecule has 6 heteroatoms. The average molecular weight is 277 g/mol. The van der Waals surface area contributed by atoms with Gasteiger partial charge in [-0.2, -0.15) is 8.42 Å². The predicted octanol–water partition coefficient (Wildman–Crippen LogP) is 2.26. The lowest BCUT2D eigenvalue weighted by Gasteiger charge is -2.06. The maximum atomic E-state index is 11.9. The van der Waals surface area contributed by atoms with E-state index in [2.05, 4.69) is 5.16 Å². The van der Waals surface area contributed by atoms with Gasteiger partial charge in [0.05, 0.1) is 6.21 Å². The highest BCUT2D eigenvalue weighted by molar-refractivity contribution is 7.87. The molecule has 0 aliphatic rings. The van der Waals surface area contributed by atoms with E-state index in [0.717, 1.165) is 0 Å². The molecule has 0 bridgehead atoms. The van der Waals surface area contributed by atoms with Crippen LogP contribution in [0.15, 0.2) is 64.6 Å². The topological polar surface area (TPSA) is 76.0 Å². The molecule has 0 atom stereocenters. The smallest absolute Gasteiger partial charge is 0.339 e. The molecule has 2 aromatic rings. The molecule has 0 amide bonds. The third-order valence-electron chi connectivity index (χ3n) is 2.32. The zero-order chi connectivity index (χ0) is 13.7. The molecule has 1 N–H and O–H groups in total. The first-order valence-corrected chi connectivity index (χ1v) is 6.80. The zero-order valence-corrected chi connectivity index (χ0v) is 10.6. The minimum Gasteiger partial charge on any atom is -0.411 e. The van der Waals surface area contributed by atoms with Crippen LogP contribution in [0.4, 0.5) is 0 Å². The van der Waals surface area contributed by atoms with Gasteiger partial charge in [0.2, 0.25) is 0 Å². The first kappa shape index (κ1) is 13.1. The van der Waals surface area contributed by atoms with Gasteiger partial charge in [-0.25, -0.2) is 0 Å². The van der Waals surface area contributed by atoms with Crippen molar-refractivity contribution in [2.24, 2.45) is 5.16 Å². The summed E-state index contributed by atoms with van der Waals surface area (Å²) in [6.07, 6.45) is 1.23. The van der Waals surface area contributed by atoms with Gasteiger partial charge in [0.1, 0.15) is 10.6 Å². The van der Waals surface area contributed by atoms with Crippen LogP contribution in [0, 0.1) is 0 Å². The lowest BCUT2D eigenvalue weighted by molar-refractivity contribution is 0.322. The highest BCUT2D eigenvalue weighted by Crippen LogP contribution is 2.18. The monoisotopic (exact) mass is 277 g/mol. The van der Waals surface area contributed by atoms with E-state index in [9.17, 15) is 8.42 Å². The largest absolute Gasteiger partial charge is 0.411 e. The maximum absolute atomic E-state index is 11.9. The Kier molecular flexibility index (Phi) is 3.82. The highest BCUT2D eigenvalue weighted by atomic mass is 32.2. The molecule has 0 heterocycles. The van der Waals surface area contributed by atoms with Crippen LogP contribution >= 0.6 is 0 Å². The average Bonchev–Trinajstić information content (AvgIpc) is 2.42. The first-order chi connectivity index (χ1) is 9.12. The summed E-state index contributed by atoms with van der Waals surface area (Å²) in [5.41, 5.74) is 0.631. The lowest BCUT2D eigenvalue weighted by atomic mass is 10.2. The molecule has 0 radical (unpaired) electrons.